The number of ether oxygens (including phenoxy) is 3. The smallest absolute Gasteiger partial charge is 0.255 e. The Balaban J connectivity index is 1.38. The maximum Gasteiger partial charge on any atom is 0.255 e. The van der Waals surface area contributed by atoms with Crippen LogP contribution in [0.15, 0.2) is 47.4 Å². The number of rotatable bonds is 6. The fourth-order valence-corrected chi connectivity index (χ4v) is 5.05. The van der Waals surface area contributed by atoms with Crippen molar-refractivity contribution < 1.29 is 32.2 Å². The van der Waals surface area contributed by atoms with Crippen LogP contribution in [0.5, 0.6) is 17.2 Å². The van der Waals surface area contributed by atoms with Crippen molar-refractivity contribution in [2.75, 3.05) is 46.0 Å². The van der Waals surface area contributed by atoms with E-state index in [1.165, 1.54) is 16.4 Å². The molecule has 33 heavy (non-hydrogen) atoms. The minimum atomic E-state index is -3.73. The number of amides is 2. The summed E-state index contributed by atoms with van der Waals surface area (Å²) in [6.45, 7) is 1.65. The molecule has 2 aromatic rings. The SMILES string of the molecule is NC(=O)COc1ccc(C(=O)N2CCN(S(=O)(=O)c3ccc4c(c3)OCCCO4)CC2)cc1. The summed E-state index contributed by atoms with van der Waals surface area (Å²) in [6.07, 6.45) is 0.732. The average Bonchev–Trinajstić information content (AvgIpc) is 3.07. The van der Waals surface area contributed by atoms with Crippen LogP contribution in [0.1, 0.15) is 16.8 Å². The molecule has 1 saturated heterocycles. The zero-order chi connectivity index (χ0) is 23.4. The topological polar surface area (TPSA) is 128 Å². The van der Waals surface area contributed by atoms with Crippen LogP contribution in [0.4, 0.5) is 0 Å². The molecule has 0 radical (unpaired) electrons. The summed E-state index contributed by atoms with van der Waals surface area (Å²) >= 11 is 0. The number of sulfonamides is 1. The van der Waals surface area contributed by atoms with Crippen molar-refractivity contribution in [1.82, 2.24) is 9.21 Å². The van der Waals surface area contributed by atoms with Crippen LogP contribution < -0.4 is 19.9 Å². The first-order valence-corrected chi connectivity index (χ1v) is 12.0. The first-order chi connectivity index (χ1) is 15.8. The van der Waals surface area contributed by atoms with Crippen molar-refractivity contribution >= 4 is 21.8 Å². The fraction of sp³-hybridized carbons (Fsp3) is 0.364. The molecule has 2 aliphatic heterocycles. The predicted molar refractivity (Wildman–Crippen MR) is 118 cm³/mol. The summed E-state index contributed by atoms with van der Waals surface area (Å²) in [5.41, 5.74) is 5.49. The molecule has 2 N–H and O–H groups in total. The van der Waals surface area contributed by atoms with Gasteiger partial charge in [-0.3, -0.25) is 9.59 Å². The Kier molecular flexibility index (Phi) is 6.70. The molecule has 1 fully saturated rings. The van der Waals surface area contributed by atoms with Gasteiger partial charge >= 0.3 is 0 Å². The normalized spacial score (nSPS) is 16.7. The molecule has 0 saturated carbocycles. The van der Waals surface area contributed by atoms with Crippen molar-refractivity contribution in [3.8, 4) is 17.2 Å². The number of hydrogen-bond acceptors (Lipinski definition) is 7. The first-order valence-electron chi connectivity index (χ1n) is 10.5. The highest BCUT2D eigenvalue weighted by atomic mass is 32.2. The van der Waals surface area contributed by atoms with Crippen LogP contribution in [-0.2, 0) is 14.8 Å². The van der Waals surface area contributed by atoms with E-state index >= 15 is 0 Å². The average molecular weight is 476 g/mol. The lowest BCUT2D eigenvalue weighted by atomic mass is 10.2. The standard InChI is InChI=1S/C22H25N3O7S/c23-21(26)15-32-17-4-2-16(3-5-17)22(27)24-8-10-25(11-9-24)33(28,29)18-6-7-19-20(14-18)31-13-1-12-30-19/h2-7,14H,1,8-13,15H2,(H2,23,26). The van der Waals surface area contributed by atoms with Gasteiger partial charge in [0.25, 0.3) is 11.8 Å². The number of nitrogens with zero attached hydrogens (tertiary/aromatic N) is 2. The van der Waals surface area contributed by atoms with Gasteiger partial charge in [-0.2, -0.15) is 4.31 Å². The molecular formula is C22H25N3O7S. The van der Waals surface area contributed by atoms with Gasteiger partial charge in [-0.05, 0) is 36.4 Å². The van der Waals surface area contributed by atoms with Gasteiger partial charge in [0.15, 0.2) is 18.1 Å². The summed E-state index contributed by atoms with van der Waals surface area (Å²) in [5.74, 6) is 0.591. The van der Waals surface area contributed by atoms with Crippen LogP contribution in [0.2, 0.25) is 0 Å². The summed E-state index contributed by atoms with van der Waals surface area (Å²) in [4.78, 5) is 25.4. The molecule has 4 rings (SSSR count). The van der Waals surface area contributed by atoms with E-state index in [-0.39, 0.29) is 43.6 Å². The van der Waals surface area contributed by atoms with Crippen LogP contribution in [0.25, 0.3) is 0 Å². The molecule has 0 bridgehead atoms. The molecule has 0 aromatic heterocycles. The number of hydrogen-bond donors (Lipinski definition) is 1. The fourth-order valence-electron chi connectivity index (χ4n) is 3.62. The Labute approximate surface area is 191 Å². The Morgan fingerprint density at radius 1 is 0.939 bits per heavy atom. The van der Waals surface area contributed by atoms with Gasteiger partial charge in [0, 0.05) is 44.2 Å². The molecule has 0 unspecified atom stereocenters. The Morgan fingerprint density at radius 3 is 2.27 bits per heavy atom. The number of piperazine rings is 1. The van der Waals surface area contributed by atoms with E-state index in [9.17, 15) is 18.0 Å². The summed E-state index contributed by atoms with van der Waals surface area (Å²) in [7, 11) is -3.73. The van der Waals surface area contributed by atoms with Crippen molar-refractivity contribution in [2.24, 2.45) is 5.73 Å². The van der Waals surface area contributed by atoms with E-state index in [4.69, 9.17) is 19.9 Å². The first kappa shape index (κ1) is 22.9. The third-order valence-corrected chi connectivity index (χ3v) is 7.26. The van der Waals surface area contributed by atoms with Gasteiger partial charge in [-0.1, -0.05) is 0 Å². The highest BCUT2D eigenvalue weighted by molar-refractivity contribution is 7.89. The molecule has 2 aromatic carbocycles. The monoisotopic (exact) mass is 475 g/mol. The largest absolute Gasteiger partial charge is 0.490 e. The van der Waals surface area contributed by atoms with E-state index in [0.717, 1.165) is 6.42 Å². The van der Waals surface area contributed by atoms with E-state index in [1.807, 2.05) is 0 Å². The Bertz CT molecular complexity index is 1130. The minimum Gasteiger partial charge on any atom is -0.490 e. The molecule has 2 amide bonds. The molecule has 2 heterocycles. The van der Waals surface area contributed by atoms with Gasteiger partial charge in [0.1, 0.15) is 5.75 Å². The zero-order valence-electron chi connectivity index (χ0n) is 17.9. The van der Waals surface area contributed by atoms with E-state index < -0.39 is 15.9 Å². The summed E-state index contributed by atoms with van der Waals surface area (Å²) in [5, 5.41) is 0. The lowest BCUT2D eigenvalue weighted by Gasteiger charge is -2.34. The lowest BCUT2D eigenvalue weighted by Crippen LogP contribution is -2.50. The van der Waals surface area contributed by atoms with Gasteiger partial charge in [-0.15, -0.1) is 0 Å². The number of primary amides is 1. The summed E-state index contributed by atoms with van der Waals surface area (Å²) in [6, 6.07) is 11.0. The number of carbonyl (C=O) groups is 2. The molecule has 176 valence electrons. The number of nitrogens with two attached hydrogens (primary N) is 1. The minimum absolute atomic E-state index is 0.137. The van der Waals surface area contributed by atoms with Crippen LogP contribution >= 0.6 is 0 Å². The highest BCUT2D eigenvalue weighted by Crippen LogP contribution is 2.33. The molecule has 2 aliphatic rings. The lowest BCUT2D eigenvalue weighted by molar-refractivity contribution is -0.119. The molecule has 0 aliphatic carbocycles. The second-order valence-electron chi connectivity index (χ2n) is 7.63. The Morgan fingerprint density at radius 2 is 1.61 bits per heavy atom. The zero-order valence-corrected chi connectivity index (χ0v) is 18.8. The summed E-state index contributed by atoms with van der Waals surface area (Å²) < 4.78 is 44.0. The van der Waals surface area contributed by atoms with Gasteiger partial charge in [0.05, 0.1) is 18.1 Å². The van der Waals surface area contributed by atoms with Crippen molar-refractivity contribution in [1.29, 1.82) is 0 Å². The molecule has 11 heteroatoms. The van der Waals surface area contributed by atoms with Crippen molar-refractivity contribution in [3.63, 3.8) is 0 Å². The molecule has 0 spiro atoms. The number of fused-ring (bicyclic) bond motifs is 1. The third kappa shape index (κ3) is 5.20. The van der Waals surface area contributed by atoms with Gasteiger partial charge in [0.2, 0.25) is 10.0 Å². The van der Waals surface area contributed by atoms with Crippen LogP contribution in [-0.4, -0.2) is 75.4 Å². The second kappa shape index (κ2) is 9.67. The maximum atomic E-state index is 13.1. The van der Waals surface area contributed by atoms with Crippen molar-refractivity contribution in [2.45, 2.75) is 11.3 Å². The van der Waals surface area contributed by atoms with Crippen LogP contribution in [0, 0.1) is 0 Å². The maximum absolute atomic E-state index is 13.1. The number of benzene rings is 2. The van der Waals surface area contributed by atoms with Crippen LogP contribution in [0.3, 0.4) is 0 Å². The highest BCUT2D eigenvalue weighted by Gasteiger charge is 2.31. The van der Waals surface area contributed by atoms with E-state index in [1.54, 1.807) is 35.2 Å². The predicted octanol–water partition coefficient (Wildman–Crippen LogP) is 0.859. The van der Waals surface area contributed by atoms with Crippen molar-refractivity contribution in [3.05, 3.63) is 48.0 Å². The third-order valence-electron chi connectivity index (χ3n) is 5.36. The second-order valence-corrected chi connectivity index (χ2v) is 9.57. The van der Waals surface area contributed by atoms with E-state index in [2.05, 4.69) is 0 Å². The Hall–Kier alpha value is -3.31. The molecule has 10 nitrogen and oxygen atoms in total. The molecule has 0 atom stereocenters. The van der Waals surface area contributed by atoms with Gasteiger partial charge < -0.3 is 24.8 Å². The number of carbonyl (C=O) groups excluding carboxylic acids is 2. The molecular weight excluding hydrogens is 450 g/mol. The van der Waals surface area contributed by atoms with E-state index in [0.29, 0.717) is 36.0 Å². The van der Waals surface area contributed by atoms with Gasteiger partial charge in [-0.25, -0.2) is 8.42 Å². The quantitative estimate of drug-likeness (QED) is 0.656.